The number of carbonyl (C=O) groups excluding carboxylic acids is 1. The number of ether oxygens (including phenoxy) is 3. The molecule has 0 unspecified atom stereocenters. The van der Waals surface area contributed by atoms with Crippen LogP contribution in [0.2, 0.25) is 5.02 Å². The molecule has 0 bridgehead atoms. The van der Waals surface area contributed by atoms with Gasteiger partial charge in [-0.15, -0.1) is 0 Å². The molecule has 0 saturated heterocycles. The predicted octanol–water partition coefficient (Wildman–Crippen LogP) is 5.78. The summed E-state index contributed by atoms with van der Waals surface area (Å²) in [6, 6.07) is 23.5. The van der Waals surface area contributed by atoms with E-state index in [-0.39, 0.29) is 0 Å². The molecule has 6 nitrogen and oxygen atoms in total. The lowest BCUT2D eigenvalue weighted by Crippen LogP contribution is -2.10. The van der Waals surface area contributed by atoms with Gasteiger partial charge in [-0.05, 0) is 78.9 Å². The lowest BCUT2D eigenvalue weighted by Gasteiger charge is -2.07. The van der Waals surface area contributed by atoms with Crippen molar-refractivity contribution in [2.45, 2.75) is 0 Å². The number of methoxy groups -OCH3 is 2. The summed E-state index contributed by atoms with van der Waals surface area (Å²) in [5.41, 5.74) is 2.51. The summed E-state index contributed by atoms with van der Waals surface area (Å²) in [5, 5.41) is 5.27. The number of benzene rings is 3. The quantitative estimate of drug-likeness (QED) is 0.360. The minimum atomic E-state index is -0.475. The van der Waals surface area contributed by atoms with Gasteiger partial charge < -0.3 is 14.2 Å². The van der Waals surface area contributed by atoms with Crippen molar-refractivity contribution < 1.29 is 19.0 Å². The van der Waals surface area contributed by atoms with Crippen LogP contribution in [0.1, 0.15) is 10.5 Å². The Kier molecular flexibility index (Phi) is 5.91. The van der Waals surface area contributed by atoms with Gasteiger partial charge >= 0.3 is 5.97 Å². The molecule has 0 saturated carbocycles. The van der Waals surface area contributed by atoms with Gasteiger partial charge in [0, 0.05) is 10.6 Å². The molecule has 31 heavy (non-hydrogen) atoms. The second-order valence-corrected chi connectivity index (χ2v) is 7.03. The number of hydrogen-bond acceptors (Lipinski definition) is 5. The average Bonchev–Trinajstić information content (AvgIpc) is 3.26. The van der Waals surface area contributed by atoms with Crippen molar-refractivity contribution in [1.29, 1.82) is 0 Å². The SMILES string of the molecule is COC(=O)c1cc(-c2ccc(Oc3ccc(Cl)cc3)cc2)nn1-c1ccc(OC)cc1. The van der Waals surface area contributed by atoms with Crippen molar-refractivity contribution in [3.8, 4) is 34.2 Å². The standard InChI is InChI=1S/C24H19ClN2O4/c1-29-19-13-7-18(8-14-19)27-23(24(28)30-2)15-22(26-27)16-3-9-20(10-4-16)31-21-11-5-17(25)6-12-21/h3-15H,1-2H3. The number of carbonyl (C=O) groups is 1. The summed E-state index contributed by atoms with van der Waals surface area (Å²) >= 11 is 5.91. The van der Waals surface area contributed by atoms with Crippen LogP contribution in [0.25, 0.3) is 16.9 Å². The van der Waals surface area contributed by atoms with E-state index in [4.69, 9.17) is 25.8 Å². The highest BCUT2D eigenvalue weighted by Crippen LogP contribution is 2.28. The fourth-order valence-corrected chi connectivity index (χ4v) is 3.15. The number of esters is 1. The van der Waals surface area contributed by atoms with Crippen molar-refractivity contribution in [1.82, 2.24) is 9.78 Å². The summed E-state index contributed by atoms with van der Waals surface area (Å²) in [6.45, 7) is 0. The highest BCUT2D eigenvalue weighted by Gasteiger charge is 2.18. The second-order valence-electron chi connectivity index (χ2n) is 6.60. The molecule has 0 fully saturated rings. The largest absolute Gasteiger partial charge is 0.497 e. The summed E-state index contributed by atoms with van der Waals surface area (Å²) in [5.74, 6) is 1.60. The second kappa shape index (κ2) is 8.93. The molecular weight excluding hydrogens is 416 g/mol. The molecule has 0 atom stereocenters. The van der Waals surface area contributed by atoms with Gasteiger partial charge in [0.1, 0.15) is 17.2 Å². The zero-order valence-electron chi connectivity index (χ0n) is 16.9. The fourth-order valence-electron chi connectivity index (χ4n) is 3.02. The van der Waals surface area contributed by atoms with E-state index < -0.39 is 5.97 Å². The molecular formula is C24H19ClN2O4. The van der Waals surface area contributed by atoms with Crippen molar-refractivity contribution >= 4 is 17.6 Å². The van der Waals surface area contributed by atoms with E-state index in [0.29, 0.717) is 33.7 Å². The minimum absolute atomic E-state index is 0.323. The van der Waals surface area contributed by atoms with Gasteiger partial charge in [-0.1, -0.05) is 11.6 Å². The van der Waals surface area contributed by atoms with Crippen molar-refractivity contribution in [2.75, 3.05) is 14.2 Å². The van der Waals surface area contributed by atoms with E-state index in [1.807, 2.05) is 36.4 Å². The third-order valence-electron chi connectivity index (χ3n) is 4.62. The Morgan fingerprint density at radius 3 is 2.00 bits per heavy atom. The Bertz CT molecular complexity index is 1180. The molecule has 0 spiro atoms. The number of nitrogens with zero attached hydrogens (tertiary/aromatic N) is 2. The molecule has 0 aliphatic heterocycles. The molecule has 4 aromatic rings. The third kappa shape index (κ3) is 4.54. The topological polar surface area (TPSA) is 62.6 Å². The first-order chi connectivity index (χ1) is 15.1. The Hall–Kier alpha value is -3.77. The van der Waals surface area contributed by atoms with Crippen LogP contribution in [-0.4, -0.2) is 30.0 Å². The maximum Gasteiger partial charge on any atom is 0.356 e. The molecule has 0 radical (unpaired) electrons. The molecule has 3 aromatic carbocycles. The number of halogens is 1. The van der Waals surface area contributed by atoms with Gasteiger partial charge in [-0.3, -0.25) is 0 Å². The van der Waals surface area contributed by atoms with Gasteiger partial charge in [0.05, 0.1) is 25.6 Å². The van der Waals surface area contributed by atoms with Crippen molar-refractivity contribution in [2.24, 2.45) is 0 Å². The van der Waals surface area contributed by atoms with Crippen molar-refractivity contribution in [3.05, 3.63) is 89.6 Å². The molecule has 0 aliphatic carbocycles. The predicted molar refractivity (Wildman–Crippen MR) is 118 cm³/mol. The minimum Gasteiger partial charge on any atom is -0.497 e. The van der Waals surface area contributed by atoms with E-state index in [9.17, 15) is 4.79 Å². The first-order valence-electron chi connectivity index (χ1n) is 9.44. The van der Waals surface area contributed by atoms with Crippen LogP contribution in [-0.2, 0) is 4.74 Å². The Balaban J connectivity index is 1.63. The van der Waals surface area contributed by atoms with Crippen LogP contribution in [0, 0.1) is 0 Å². The summed E-state index contributed by atoms with van der Waals surface area (Å²) in [7, 11) is 2.94. The first kappa shape index (κ1) is 20.5. The maximum absolute atomic E-state index is 12.3. The Morgan fingerprint density at radius 2 is 1.42 bits per heavy atom. The Labute approximate surface area is 184 Å². The van der Waals surface area contributed by atoms with Gasteiger partial charge in [0.25, 0.3) is 0 Å². The molecule has 1 heterocycles. The van der Waals surface area contributed by atoms with Crippen LogP contribution < -0.4 is 9.47 Å². The van der Waals surface area contributed by atoms with E-state index >= 15 is 0 Å². The lowest BCUT2D eigenvalue weighted by molar-refractivity contribution is 0.0590. The zero-order chi connectivity index (χ0) is 21.8. The van der Waals surface area contributed by atoms with E-state index in [0.717, 1.165) is 11.3 Å². The molecule has 0 N–H and O–H groups in total. The highest BCUT2D eigenvalue weighted by molar-refractivity contribution is 6.30. The smallest absolute Gasteiger partial charge is 0.356 e. The summed E-state index contributed by atoms with van der Waals surface area (Å²) in [6.07, 6.45) is 0. The average molecular weight is 435 g/mol. The number of aromatic nitrogens is 2. The van der Waals surface area contributed by atoms with E-state index in [1.54, 1.807) is 54.3 Å². The molecule has 156 valence electrons. The number of rotatable bonds is 6. The molecule has 0 amide bonds. The number of hydrogen-bond donors (Lipinski definition) is 0. The van der Waals surface area contributed by atoms with Crippen LogP contribution in [0.3, 0.4) is 0 Å². The molecule has 1 aromatic heterocycles. The Morgan fingerprint density at radius 1 is 0.839 bits per heavy atom. The van der Waals surface area contributed by atoms with E-state index in [1.165, 1.54) is 7.11 Å². The van der Waals surface area contributed by atoms with Crippen molar-refractivity contribution in [3.63, 3.8) is 0 Å². The van der Waals surface area contributed by atoms with Crippen LogP contribution >= 0.6 is 11.6 Å². The van der Waals surface area contributed by atoms with Gasteiger partial charge in [0.15, 0.2) is 5.69 Å². The normalized spacial score (nSPS) is 10.5. The van der Waals surface area contributed by atoms with Gasteiger partial charge in [-0.2, -0.15) is 5.10 Å². The maximum atomic E-state index is 12.3. The highest BCUT2D eigenvalue weighted by atomic mass is 35.5. The van der Waals surface area contributed by atoms with Crippen LogP contribution in [0.5, 0.6) is 17.2 Å². The summed E-state index contributed by atoms with van der Waals surface area (Å²) < 4.78 is 17.5. The third-order valence-corrected chi connectivity index (χ3v) is 4.87. The molecule has 7 heteroatoms. The molecule has 4 rings (SSSR count). The van der Waals surface area contributed by atoms with Crippen LogP contribution in [0.15, 0.2) is 78.9 Å². The lowest BCUT2D eigenvalue weighted by atomic mass is 10.1. The van der Waals surface area contributed by atoms with Crippen LogP contribution in [0.4, 0.5) is 0 Å². The zero-order valence-corrected chi connectivity index (χ0v) is 17.7. The van der Waals surface area contributed by atoms with Gasteiger partial charge in [0.2, 0.25) is 0 Å². The molecule has 0 aliphatic rings. The monoisotopic (exact) mass is 434 g/mol. The first-order valence-corrected chi connectivity index (χ1v) is 9.82. The van der Waals surface area contributed by atoms with E-state index in [2.05, 4.69) is 5.10 Å². The van der Waals surface area contributed by atoms with Gasteiger partial charge in [-0.25, -0.2) is 9.48 Å². The fraction of sp³-hybridized carbons (Fsp3) is 0.0833. The summed E-state index contributed by atoms with van der Waals surface area (Å²) in [4.78, 5) is 12.3.